The first kappa shape index (κ1) is 17.1. The van der Waals surface area contributed by atoms with Gasteiger partial charge in [-0.15, -0.1) is 0 Å². The summed E-state index contributed by atoms with van der Waals surface area (Å²) in [6, 6.07) is 4.72. The minimum absolute atomic E-state index is 0.0146. The van der Waals surface area contributed by atoms with E-state index in [9.17, 15) is 18.0 Å². The molecule has 4 nitrogen and oxygen atoms in total. The van der Waals surface area contributed by atoms with Crippen LogP contribution in [0.15, 0.2) is 30.5 Å². The first-order valence-electron chi connectivity index (χ1n) is 7.06. The molecule has 1 atom stereocenters. The van der Waals surface area contributed by atoms with E-state index in [0.29, 0.717) is 5.56 Å². The second-order valence-corrected chi connectivity index (χ2v) is 5.59. The zero-order chi connectivity index (χ0) is 17.4. The lowest BCUT2D eigenvalue weighted by Gasteiger charge is -2.17. The summed E-state index contributed by atoms with van der Waals surface area (Å²) in [5.74, 6) is -0.178. The van der Waals surface area contributed by atoms with E-state index in [1.807, 2.05) is 0 Å². The molecule has 0 fully saturated rings. The number of benzene rings is 1. The predicted octanol–water partition coefficient (Wildman–Crippen LogP) is 3.53. The maximum Gasteiger partial charge on any atom is 0.417 e. The van der Waals surface area contributed by atoms with E-state index in [4.69, 9.17) is 0 Å². The molecule has 1 heterocycles. The number of aromatic nitrogens is 2. The van der Waals surface area contributed by atoms with Crippen LogP contribution in [0, 0.1) is 6.92 Å². The molecule has 0 aliphatic carbocycles. The molecule has 0 aliphatic rings. The van der Waals surface area contributed by atoms with Gasteiger partial charge in [-0.25, -0.2) is 0 Å². The fourth-order valence-corrected chi connectivity index (χ4v) is 2.37. The van der Waals surface area contributed by atoms with Crippen LogP contribution in [0.2, 0.25) is 0 Å². The van der Waals surface area contributed by atoms with E-state index >= 15 is 0 Å². The van der Waals surface area contributed by atoms with Crippen molar-refractivity contribution in [2.24, 2.45) is 0 Å². The number of likely N-dealkylation sites (N-methyl/N-ethyl adjacent to an activating group) is 1. The molecule has 1 aromatic carbocycles. The third kappa shape index (κ3) is 3.38. The number of nitrogens with zero attached hydrogens (tertiary/aromatic N) is 3. The van der Waals surface area contributed by atoms with E-state index in [-0.39, 0.29) is 17.2 Å². The van der Waals surface area contributed by atoms with Crippen LogP contribution in [-0.2, 0) is 11.0 Å². The topological polar surface area (TPSA) is 38.1 Å². The summed E-state index contributed by atoms with van der Waals surface area (Å²) in [6.45, 7) is 3.34. The molecule has 0 saturated heterocycles. The van der Waals surface area contributed by atoms with Gasteiger partial charge in [0.2, 0.25) is 5.91 Å². The van der Waals surface area contributed by atoms with Gasteiger partial charge in [0.1, 0.15) is 6.04 Å². The molecular formula is C16H18F3N3O. The average Bonchev–Trinajstić information content (AvgIpc) is 2.86. The molecule has 1 unspecified atom stereocenters. The second kappa shape index (κ2) is 6.06. The molecule has 0 radical (unpaired) electrons. The number of carbonyl (C=O) groups excluding carboxylic acids is 1. The summed E-state index contributed by atoms with van der Waals surface area (Å²) >= 11 is 0. The highest BCUT2D eigenvalue weighted by atomic mass is 19.4. The summed E-state index contributed by atoms with van der Waals surface area (Å²) in [7, 11) is 3.24. The van der Waals surface area contributed by atoms with E-state index in [1.165, 1.54) is 27.8 Å². The van der Waals surface area contributed by atoms with Gasteiger partial charge in [0, 0.05) is 25.9 Å². The fraction of sp³-hybridized carbons (Fsp3) is 0.375. The summed E-state index contributed by atoms with van der Waals surface area (Å²) < 4.78 is 40.9. The van der Waals surface area contributed by atoms with Crippen molar-refractivity contribution >= 4 is 5.91 Å². The minimum Gasteiger partial charge on any atom is -0.347 e. The molecule has 23 heavy (non-hydrogen) atoms. The number of hydrogen-bond donors (Lipinski definition) is 0. The monoisotopic (exact) mass is 325 g/mol. The lowest BCUT2D eigenvalue weighted by atomic mass is 10.0. The van der Waals surface area contributed by atoms with Crippen molar-refractivity contribution in [2.45, 2.75) is 26.1 Å². The lowest BCUT2D eigenvalue weighted by Crippen LogP contribution is -2.30. The molecule has 0 aliphatic heterocycles. The molecule has 1 aromatic heterocycles. The van der Waals surface area contributed by atoms with Gasteiger partial charge in [0.25, 0.3) is 0 Å². The Labute approximate surface area is 132 Å². The Morgan fingerprint density at radius 3 is 2.43 bits per heavy atom. The number of carbonyl (C=O) groups is 1. The van der Waals surface area contributed by atoms with E-state index in [0.717, 1.165) is 6.07 Å². The highest BCUT2D eigenvalue weighted by Gasteiger charge is 2.34. The summed E-state index contributed by atoms with van der Waals surface area (Å²) in [6.07, 6.45) is -2.87. The largest absolute Gasteiger partial charge is 0.417 e. The van der Waals surface area contributed by atoms with Gasteiger partial charge in [-0.1, -0.05) is 18.2 Å². The smallest absolute Gasteiger partial charge is 0.347 e. The van der Waals surface area contributed by atoms with Crippen LogP contribution in [0.3, 0.4) is 0 Å². The maximum absolute atomic E-state index is 13.2. The summed E-state index contributed by atoms with van der Waals surface area (Å²) in [4.78, 5) is 13.4. The van der Waals surface area contributed by atoms with Gasteiger partial charge in [0.05, 0.1) is 11.3 Å². The Bertz CT molecular complexity index is 720. The van der Waals surface area contributed by atoms with E-state index in [2.05, 4.69) is 5.10 Å². The first-order valence-corrected chi connectivity index (χ1v) is 7.06. The molecular weight excluding hydrogens is 307 g/mol. The molecule has 2 aromatic rings. The van der Waals surface area contributed by atoms with Crippen LogP contribution in [0.1, 0.15) is 24.1 Å². The molecule has 0 saturated carbocycles. The Morgan fingerprint density at radius 1 is 1.26 bits per heavy atom. The number of alkyl halides is 3. The third-order valence-electron chi connectivity index (χ3n) is 3.60. The number of hydrogen-bond acceptors (Lipinski definition) is 2. The van der Waals surface area contributed by atoms with Crippen LogP contribution in [0.4, 0.5) is 13.2 Å². The van der Waals surface area contributed by atoms with Crippen molar-refractivity contribution in [1.82, 2.24) is 14.7 Å². The van der Waals surface area contributed by atoms with E-state index in [1.54, 1.807) is 34.1 Å². The normalized spacial score (nSPS) is 13.0. The van der Waals surface area contributed by atoms with Crippen molar-refractivity contribution in [1.29, 1.82) is 0 Å². The van der Waals surface area contributed by atoms with Gasteiger partial charge < -0.3 is 4.90 Å². The SMILES string of the molecule is Cc1cn(C(C)C(=O)N(C)C)nc1-c1ccccc1C(F)(F)F. The van der Waals surface area contributed by atoms with Crippen LogP contribution in [-0.4, -0.2) is 34.7 Å². The van der Waals surface area contributed by atoms with Gasteiger partial charge in [-0.3, -0.25) is 9.48 Å². The van der Waals surface area contributed by atoms with Gasteiger partial charge in [-0.2, -0.15) is 18.3 Å². The van der Waals surface area contributed by atoms with Crippen LogP contribution < -0.4 is 0 Å². The van der Waals surface area contributed by atoms with Crippen molar-refractivity contribution in [3.8, 4) is 11.3 Å². The van der Waals surface area contributed by atoms with Crippen molar-refractivity contribution in [2.75, 3.05) is 14.1 Å². The van der Waals surface area contributed by atoms with E-state index < -0.39 is 17.8 Å². The number of amides is 1. The van der Waals surface area contributed by atoms with Crippen molar-refractivity contribution < 1.29 is 18.0 Å². The minimum atomic E-state index is -4.46. The number of aryl methyl sites for hydroxylation is 1. The average molecular weight is 325 g/mol. The van der Waals surface area contributed by atoms with Crippen molar-refractivity contribution in [3.63, 3.8) is 0 Å². The Balaban J connectivity index is 2.50. The third-order valence-corrected chi connectivity index (χ3v) is 3.60. The van der Waals surface area contributed by atoms with Gasteiger partial charge in [-0.05, 0) is 25.5 Å². The molecule has 7 heteroatoms. The predicted molar refractivity (Wildman–Crippen MR) is 80.8 cm³/mol. The lowest BCUT2D eigenvalue weighted by molar-refractivity contribution is -0.137. The summed E-state index contributed by atoms with van der Waals surface area (Å²) in [5, 5.41) is 4.23. The fourth-order valence-electron chi connectivity index (χ4n) is 2.37. The standard InChI is InChI=1S/C16H18F3N3O/c1-10-9-22(11(2)15(23)21(3)4)20-14(10)12-7-5-6-8-13(12)16(17,18)19/h5-9,11H,1-4H3. The molecule has 0 N–H and O–H groups in total. The van der Waals surface area contributed by atoms with Crippen LogP contribution in [0.5, 0.6) is 0 Å². The highest BCUT2D eigenvalue weighted by molar-refractivity contribution is 5.79. The highest BCUT2D eigenvalue weighted by Crippen LogP contribution is 2.37. The van der Waals surface area contributed by atoms with Crippen molar-refractivity contribution in [3.05, 3.63) is 41.6 Å². The van der Waals surface area contributed by atoms with Crippen LogP contribution >= 0.6 is 0 Å². The molecule has 124 valence electrons. The molecule has 2 rings (SSSR count). The number of rotatable bonds is 3. The zero-order valence-electron chi connectivity index (χ0n) is 13.3. The molecule has 0 spiro atoms. The Kier molecular flexibility index (Phi) is 4.49. The van der Waals surface area contributed by atoms with Gasteiger partial charge >= 0.3 is 6.18 Å². The van der Waals surface area contributed by atoms with Gasteiger partial charge in [0.15, 0.2) is 0 Å². The molecule has 0 bridgehead atoms. The Hall–Kier alpha value is -2.31. The quantitative estimate of drug-likeness (QED) is 0.866. The zero-order valence-corrected chi connectivity index (χ0v) is 13.3. The van der Waals surface area contributed by atoms with Crippen LogP contribution in [0.25, 0.3) is 11.3 Å². The molecule has 1 amide bonds. The Morgan fingerprint density at radius 2 is 1.87 bits per heavy atom. The number of halogens is 3. The summed E-state index contributed by atoms with van der Waals surface area (Å²) in [5.41, 5.74) is 0.0946. The maximum atomic E-state index is 13.2. The second-order valence-electron chi connectivity index (χ2n) is 5.59. The first-order chi connectivity index (χ1) is 10.6.